The fraction of sp³-hybridized carbons (Fsp3) is 0.500. The summed E-state index contributed by atoms with van der Waals surface area (Å²) >= 11 is 0. The summed E-state index contributed by atoms with van der Waals surface area (Å²) in [7, 11) is -8.52. The summed E-state index contributed by atoms with van der Waals surface area (Å²) in [6, 6.07) is 4.01. The lowest BCUT2D eigenvalue weighted by atomic mass is 10.0. The van der Waals surface area contributed by atoms with E-state index < -0.39 is 25.1 Å². The van der Waals surface area contributed by atoms with Gasteiger partial charge >= 0.3 is 10.2 Å². The second-order valence-electron chi connectivity index (χ2n) is 4.44. The molecule has 0 aliphatic carbocycles. The second-order valence-corrected chi connectivity index (χ2v) is 7.56. The molecule has 0 unspecified atom stereocenters. The van der Waals surface area contributed by atoms with E-state index in [1.54, 1.807) is 0 Å². The van der Waals surface area contributed by atoms with Gasteiger partial charge in [-0.05, 0) is 30.2 Å². The van der Waals surface area contributed by atoms with Gasteiger partial charge in [-0.15, -0.1) is 3.89 Å². The van der Waals surface area contributed by atoms with Crippen LogP contribution in [0.2, 0.25) is 0 Å². The van der Waals surface area contributed by atoms with E-state index in [0.717, 1.165) is 37.1 Å². The molecule has 0 bridgehead atoms. The van der Waals surface area contributed by atoms with Crippen molar-refractivity contribution in [3.05, 3.63) is 24.3 Å². The zero-order valence-corrected chi connectivity index (χ0v) is 13.0. The third-order valence-corrected chi connectivity index (χ3v) is 5.41. The molecule has 0 spiro atoms. The SMILES string of the molecule is CCC(CC)CNS(=O)(=O)c1ccc(S(=O)(=O)F)cc1. The number of sulfonamides is 1. The van der Waals surface area contributed by atoms with Crippen LogP contribution in [-0.2, 0) is 20.2 Å². The molecule has 114 valence electrons. The second kappa shape index (κ2) is 6.64. The average Bonchev–Trinajstić information content (AvgIpc) is 2.39. The van der Waals surface area contributed by atoms with Crippen LogP contribution >= 0.6 is 0 Å². The van der Waals surface area contributed by atoms with E-state index in [9.17, 15) is 20.7 Å². The van der Waals surface area contributed by atoms with Crippen molar-refractivity contribution in [2.45, 2.75) is 36.5 Å². The predicted molar refractivity (Wildman–Crippen MR) is 74.0 cm³/mol. The van der Waals surface area contributed by atoms with Crippen molar-refractivity contribution in [2.24, 2.45) is 5.92 Å². The van der Waals surface area contributed by atoms with Crippen LogP contribution in [0.25, 0.3) is 0 Å². The van der Waals surface area contributed by atoms with E-state index >= 15 is 0 Å². The Hall–Kier alpha value is -0.990. The molecule has 1 aromatic carbocycles. The maximum Gasteiger partial charge on any atom is 0.332 e. The van der Waals surface area contributed by atoms with Crippen LogP contribution in [0.15, 0.2) is 34.1 Å². The van der Waals surface area contributed by atoms with E-state index in [0.29, 0.717) is 6.54 Å². The Morgan fingerprint density at radius 1 is 1.00 bits per heavy atom. The molecular formula is C12H18FNO4S2. The van der Waals surface area contributed by atoms with Crippen molar-refractivity contribution in [1.29, 1.82) is 0 Å². The van der Waals surface area contributed by atoms with Crippen LogP contribution in [-0.4, -0.2) is 23.4 Å². The molecule has 0 atom stereocenters. The van der Waals surface area contributed by atoms with Crippen molar-refractivity contribution in [1.82, 2.24) is 4.72 Å². The molecular weight excluding hydrogens is 305 g/mol. The van der Waals surface area contributed by atoms with Gasteiger partial charge in [-0.3, -0.25) is 0 Å². The average molecular weight is 323 g/mol. The minimum atomic E-state index is -4.81. The Morgan fingerprint density at radius 3 is 1.85 bits per heavy atom. The zero-order chi connectivity index (χ0) is 15.4. The van der Waals surface area contributed by atoms with Crippen LogP contribution in [0.5, 0.6) is 0 Å². The van der Waals surface area contributed by atoms with E-state index in [1.807, 2.05) is 13.8 Å². The third-order valence-electron chi connectivity index (χ3n) is 3.13. The van der Waals surface area contributed by atoms with Crippen LogP contribution in [0.3, 0.4) is 0 Å². The molecule has 1 N–H and O–H groups in total. The predicted octanol–water partition coefficient (Wildman–Crippen LogP) is 2.06. The van der Waals surface area contributed by atoms with E-state index in [2.05, 4.69) is 4.72 Å². The summed E-state index contributed by atoms with van der Waals surface area (Å²) in [5.41, 5.74) is 0. The summed E-state index contributed by atoms with van der Waals surface area (Å²) in [6.07, 6.45) is 1.72. The number of benzene rings is 1. The van der Waals surface area contributed by atoms with Crippen molar-refractivity contribution in [2.75, 3.05) is 6.54 Å². The molecule has 0 fully saturated rings. The molecule has 0 aliphatic heterocycles. The highest BCUT2D eigenvalue weighted by Crippen LogP contribution is 2.16. The van der Waals surface area contributed by atoms with E-state index in [4.69, 9.17) is 0 Å². The van der Waals surface area contributed by atoms with Crippen LogP contribution in [0, 0.1) is 5.92 Å². The Balaban J connectivity index is 2.88. The number of hydrogen-bond donors (Lipinski definition) is 1. The molecule has 0 aromatic heterocycles. The first-order valence-corrected chi connectivity index (χ1v) is 9.11. The molecule has 0 aliphatic rings. The first-order chi connectivity index (χ1) is 9.20. The highest BCUT2D eigenvalue weighted by Gasteiger charge is 2.18. The van der Waals surface area contributed by atoms with Gasteiger partial charge in [0.1, 0.15) is 0 Å². The summed E-state index contributed by atoms with van der Waals surface area (Å²) in [5, 5.41) is 0. The van der Waals surface area contributed by atoms with Crippen molar-refractivity contribution in [3.63, 3.8) is 0 Å². The lowest BCUT2D eigenvalue weighted by molar-refractivity contribution is 0.479. The highest BCUT2D eigenvalue weighted by atomic mass is 32.3. The van der Waals surface area contributed by atoms with Gasteiger partial charge in [0.2, 0.25) is 10.0 Å². The lowest BCUT2D eigenvalue weighted by Gasteiger charge is -2.13. The fourth-order valence-electron chi connectivity index (χ4n) is 1.67. The molecule has 0 saturated heterocycles. The van der Waals surface area contributed by atoms with Gasteiger partial charge in [-0.2, -0.15) is 8.42 Å². The van der Waals surface area contributed by atoms with Crippen LogP contribution in [0.4, 0.5) is 3.89 Å². The number of halogens is 1. The first-order valence-electron chi connectivity index (χ1n) is 6.25. The van der Waals surface area contributed by atoms with Crippen molar-refractivity contribution in [3.8, 4) is 0 Å². The zero-order valence-electron chi connectivity index (χ0n) is 11.3. The molecule has 8 heteroatoms. The maximum atomic E-state index is 12.7. The monoisotopic (exact) mass is 323 g/mol. The number of nitrogens with one attached hydrogen (secondary N) is 1. The standard InChI is InChI=1S/C12H18FNO4S2/c1-3-10(4-2)9-14-20(17,18)12-7-5-11(6-8-12)19(13,15)16/h5-8,10,14H,3-4,9H2,1-2H3. The fourth-order valence-corrected chi connectivity index (χ4v) is 3.25. The largest absolute Gasteiger partial charge is 0.332 e. The van der Waals surface area contributed by atoms with Gasteiger partial charge in [-0.1, -0.05) is 26.7 Å². The highest BCUT2D eigenvalue weighted by molar-refractivity contribution is 7.89. The lowest BCUT2D eigenvalue weighted by Crippen LogP contribution is -2.29. The Labute approximate surface area is 119 Å². The first kappa shape index (κ1) is 17.1. The summed E-state index contributed by atoms with van der Waals surface area (Å²) in [6.45, 7) is 4.27. The van der Waals surface area contributed by atoms with Gasteiger partial charge in [0.05, 0.1) is 9.79 Å². The molecule has 1 aromatic rings. The number of hydrogen-bond acceptors (Lipinski definition) is 4. The van der Waals surface area contributed by atoms with E-state index in [-0.39, 0.29) is 10.8 Å². The third kappa shape index (κ3) is 4.53. The summed E-state index contributed by atoms with van der Waals surface area (Å²) in [5.74, 6) is 0.246. The molecule has 20 heavy (non-hydrogen) atoms. The minimum Gasteiger partial charge on any atom is -0.211 e. The molecule has 0 amide bonds. The number of rotatable bonds is 7. The van der Waals surface area contributed by atoms with Gasteiger partial charge in [0.15, 0.2) is 0 Å². The quantitative estimate of drug-likeness (QED) is 0.779. The topological polar surface area (TPSA) is 80.3 Å². The molecule has 0 heterocycles. The van der Waals surface area contributed by atoms with Gasteiger partial charge in [0.25, 0.3) is 0 Å². The van der Waals surface area contributed by atoms with Crippen LogP contribution < -0.4 is 4.72 Å². The van der Waals surface area contributed by atoms with Gasteiger partial charge < -0.3 is 0 Å². The van der Waals surface area contributed by atoms with Crippen LogP contribution in [0.1, 0.15) is 26.7 Å². The molecule has 5 nitrogen and oxygen atoms in total. The van der Waals surface area contributed by atoms with Crippen molar-refractivity contribution < 1.29 is 20.7 Å². The molecule has 1 rings (SSSR count). The maximum absolute atomic E-state index is 12.7. The van der Waals surface area contributed by atoms with Gasteiger partial charge in [-0.25, -0.2) is 13.1 Å². The molecule has 0 saturated carbocycles. The van der Waals surface area contributed by atoms with Gasteiger partial charge in [0, 0.05) is 6.54 Å². The Bertz CT molecular complexity index is 635. The molecule has 0 radical (unpaired) electrons. The summed E-state index contributed by atoms with van der Waals surface area (Å²) < 4.78 is 60.4. The Morgan fingerprint density at radius 2 is 1.45 bits per heavy atom. The Kier molecular flexibility index (Phi) is 5.67. The van der Waals surface area contributed by atoms with E-state index in [1.165, 1.54) is 0 Å². The normalized spacial score (nSPS) is 12.8. The smallest absolute Gasteiger partial charge is 0.211 e. The minimum absolute atomic E-state index is 0.0872. The summed E-state index contributed by atoms with van der Waals surface area (Å²) in [4.78, 5) is -0.646. The van der Waals surface area contributed by atoms with Crippen molar-refractivity contribution >= 4 is 20.2 Å².